The first-order valence-electron chi connectivity index (χ1n) is 7.07. The number of benzene rings is 1. The topological polar surface area (TPSA) is 36.4 Å². The number of hydrogen-bond acceptors (Lipinski definition) is 3. The second-order valence-corrected chi connectivity index (χ2v) is 5.11. The van der Waals surface area contributed by atoms with Crippen LogP contribution in [0.3, 0.4) is 0 Å². The molecule has 1 heterocycles. The van der Waals surface area contributed by atoms with Crippen LogP contribution in [0.25, 0.3) is 0 Å². The van der Waals surface area contributed by atoms with Crippen molar-refractivity contribution in [3.63, 3.8) is 0 Å². The lowest BCUT2D eigenvalue weighted by atomic mass is 10.1. The lowest BCUT2D eigenvalue weighted by Crippen LogP contribution is -2.32. The minimum absolute atomic E-state index is 0.225. The maximum absolute atomic E-state index is 9.18. The van der Waals surface area contributed by atoms with Gasteiger partial charge >= 0.3 is 0 Å². The van der Waals surface area contributed by atoms with E-state index in [1.165, 1.54) is 11.1 Å². The van der Waals surface area contributed by atoms with E-state index in [0.717, 1.165) is 19.5 Å². The van der Waals surface area contributed by atoms with E-state index in [9.17, 15) is 5.11 Å². The largest absolute Gasteiger partial charge is 0.396 e. The fraction of sp³-hybridized carbons (Fsp3) is 0.353. The van der Waals surface area contributed by atoms with E-state index in [1.807, 2.05) is 30.6 Å². The molecule has 0 spiro atoms. The van der Waals surface area contributed by atoms with Gasteiger partial charge in [-0.15, -0.1) is 0 Å². The average molecular weight is 270 g/mol. The number of aliphatic hydroxyl groups is 1. The Labute approximate surface area is 120 Å². The molecule has 3 heteroatoms. The molecule has 0 amide bonds. The molecule has 0 radical (unpaired) electrons. The van der Waals surface area contributed by atoms with Gasteiger partial charge in [-0.2, -0.15) is 0 Å². The zero-order valence-corrected chi connectivity index (χ0v) is 11.9. The molecule has 0 fully saturated rings. The van der Waals surface area contributed by atoms with Crippen LogP contribution in [0.2, 0.25) is 0 Å². The summed E-state index contributed by atoms with van der Waals surface area (Å²) in [6, 6.07) is 14.9. The molecule has 0 saturated carbocycles. The first-order chi connectivity index (χ1) is 9.79. The SMILES string of the molecule is CC(CCO)N(Cc1ccccc1)Cc1ccncc1. The second kappa shape index (κ2) is 7.78. The molecule has 0 saturated heterocycles. The van der Waals surface area contributed by atoms with Crippen molar-refractivity contribution in [2.24, 2.45) is 0 Å². The van der Waals surface area contributed by atoms with Crippen LogP contribution in [0.1, 0.15) is 24.5 Å². The molecule has 1 N–H and O–H groups in total. The highest BCUT2D eigenvalue weighted by atomic mass is 16.3. The van der Waals surface area contributed by atoms with E-state index in [4.69, 9.17) is 0 Å². The van der Waals surface area contributed by atoms with E-state index in [2.05, 4.69) is 41.1 Å². The predicted molar refractivity (Wildman–Crippen MR) is 81.1 cm³/mol. The Balaban J connectivity index is 2.08. The molecule has 106 valence electrons. The predicted octanol–water partition coefficient (Wildman–Crippen LogP) is 2.85. The number of rotatable bonds is 7. The van der Waals surface area contributed by atoms with E-state index in [1.54, 1.807) is 0 Å². The average Bonchev–Trinajstić information content (AvgIpc) is 2.49. The van der Waals surface area contributed by atoms with E-state index in [0.29, 0.717) is 6.04 Å². The third kappa shape index (κ3) is 4.44. The standard InChI is InChI=1S/C17H22N2O/c1-15(9-12-20)19(13-16-5-3-2-4-6-16)14-17-7-10-18-11-8-17/h2-8,10-11,15,20H,9,12-14H2,1H3. The van der Waals surface area contributed by atoms with Crippen molar-refractivity contribution in [3.8, 4) is 0 Å². The van der Waals surface area contributed by atoms with Gasteiger partial charge in [0.1, 0.15) is 0 Å². The maximum atomic E-state index is 9.18. The Kier molecular flexibility index (Phi) is 5.71. The number of aromatic nitrogens is 1. The Morgan fingerprint density at radius 1 is 1.00 bits per heavy atom. The van der Waals surface area contributed by atoms with Gasteiger partial charge in [-0.3, -0.25) is 9.88 Å². The zero-order valence-electron chi connectivity index (χ0n) is 11.9. The van der Waals surface area contributed by atoms with Crippen molar-refractivity contribution in [1.29, 1.82) is 0 Å². The van der Waals surface area contributed by atoms with Gasteiger partial charge in [-0.05, 0) is 36.6 Å². The van der Waals surface area contributed by atoms with Crippen LogP contribution in [0, 0.1) is 0 Å². The highest BCUT2D eigenvalue weighted by molar-refractivity contribution is 5.15. The van der Waals surface area contributed by atoms with Crippen molar-refractivity contribution in [1.82, 2.24) is 9.88 Å². The number of pyridine rings is 1. The summed E-state index contributed by atoms with van der Waals surface area (Å²) in [4.78, 5) is 6.45. The van der Waals surface area contributed by atoms with Gasteiger partial charge < -0.3 is 5.11 Å². The minimum Gasteiger partial charge on any atom is -0.396 e. The molecule has 0 aliphatic rings. The van der Waals surface area contributed by atoms with Crippen molar-refractivity contribution in [2.45, 2.75) is 32.5 Å². The van der Waals surface area contributed by atoms with E-state index in [-0.39, 0.29) is 6.61 Å². The highest BCUT2D eigenvalue weighted by Crippen LogP contribution is 2.14. The molecule has 0 aliphatic heterocycles. The third-order valence-corrected chi connectivity index (χ3v) is 3.53. The Morgan fingerprint density at radius 2 is 1.60 bits per heavy atom. The van der Waals surface area contributed by atoms with Crippen molar-refractivity contribution in [2.75, 3.05) is 6.61 Å². The lowest BCUT2D eigenvalue weighted by molar-refractivity contribution is 0.153. The van der Waals surface area contributed by atoms with Crippen LogP contribution in [-0.4, -0.2) is 27.6 Å². The van der Waals surface area contributed by atoms with Crippen molar-refractivity contribution in [3.05, 3.63) is 66.0 Å². The smallest absolute Gasteiger partial charge is 0.0445 e. The molecular weight excluding hydrogens is 248 g/mol. The van der Waals surface area contributed by atoms with Gasteiger partial charge in [0, 0.05) is 38.1 Å². The Hall–Kier alpha value is -1.71. The maximum Gasteiger partial charge on any atom is 0.0445 e. The summed E-state index contributed by atoms with van der Waals surface area (Å²) in [5.41, 5.74) is 2.55. The summed E-state index contributed by atoms with van der Waals surface area (Å²) in [6.07, 6.45) is 4.44. The molecule has 1 unspecified atom stereocenters. The highest BCUT2D eigenvalue weighted by Gasteiger charge is 2.14. The lowest BCUT2D eigenvalue weighted by Gasteiger charge is -2.29. The first-order valence-corrected chi connectivity index (χ1v) is 7.07. The van der Waals surface area contributed by atoms with Gasteiger partial charge in [0.15, 0.2) is 0 Å². The number of hydrogen-bond donors (Lipinski definition) is 1. The minimum atomic E-state index is 0.225. The molecule has 2 aromatic rings. The fourth-order valence-corrected chi connectivity index (χ4v) is 2.28. The molecule has 20 heavy (non-hydrogen) atoms. The van der Waals surface area contributed by atoms with Gasteiger partial charge in [-0.1, -0.05) is 30.3 Å². The van der Waals surface area contributed by atoms with E-state index >= 15 is 0 Å². The summed E-state index contributed by atoms with van der Waals surface area (Å²) in [6.45, 7) is 4.16. The summed E-state index contributed by atoms with van der Waals surface area (Å²) >= 11 is 0. The molecule has 2 rings (SSSR count). The molecule has 3 nitrogen and oxygen atoms in total. The molecule has 1 aromatic heterocycles. The van der Waals surface area contributed by atoms with Gasteiger partial charge in [0.05, 0.1) is 0 Å². The van der Waals surface area contributed by atoms with Gasteiger partial charge in [0.2, 0.25) is 0 Å². The summed E-state index contributed by atoms with van der Waals surface area (Å²) in [5, 5.41) is 9.18. The van der Waals surface area contributed by atoms with Crippen LogP contribution < -0.4 is 0 Å². The first kappa shape index (κ1) is 14.7. The molecular formula is C17H22N2O. The molecule has 1 atom stereocenters. The van der Waals surface area contributed by atoms with Crippen LogP contribution in [0.15, 0.2) is 54.9 Å². The van der Waals surface area contributed by atoms with Crippen LogP contribution in [0.4, 0.5) is 0 Å². The fourth-order valence-electron chi connectivity index (χ4n) is 2.28. The summed E-state index contributed by atoms with van der Waals surface area (Å²) in [7, 11) is 0. The monoisotopic (exact) mass is 270 g/mol. The van der Waals surface area contributed by atoms with Crippen molar-refractivity contribution < 1.29 is 5.11 Å². The van der Waals surface area contributed by atoms with E-state index < -0.39 is 0 Å². The van der Waals surface area contributed by atoms with Crippen LogP contribution in [0.5, 0.6) is 0 Å². The summed E-state index contributed by atoms with van der Waals surface area (Å²) in [5.74, 6) is 0. The normalized spacial score (nSPS) is 12.6. The Bertz CT molecular complexity index is 445. The summed E-state index contributed by atoms with van der Waals surface area (Å²) < 4.78 is 0. The van der Waals surface area contributed by atoms with Crippen LogP contribution >= 0.6 is 0 Å². The Morgan fingerprint density at radius 3 is 2.20 bits per heavy atom. The van der Waals surface area contributed by atoms with Crippen LogP contribution in [-0.2, 0) is 13.1 Å². The van der Waals surface area contributed by atoms with Crippen molar-refractivity contribution >= 4 is 0 Å². The zero-order chi connectivity index (χ0) is 14.2. The van der Waals surface area contributed by atoms with Gasteiger partial charge in [0.25, 0.3) is 0 Å². The molecule has 0 aliphatic carbocycles. The number of aliphatic hydroxyl groups excluding tert-OH is 1. The molecule has 0 bridgehead atoms. The quantitative estimate of drug-likeness (QED) is 0.840. The molecule has 1 aromatic carbocycles. The number of nitrogens with zero attached hydrogens (tertiary/aromatic N) is 2. The third-order valence-electron chi connectivity index (χ3n) is 3.53. The second-order valence-electron chi connectivity index (χ2n) is 5.11. The van der Waals surface area contributed by atoms with Gasteiger partial charge in [-0.25, -0.2) is 0 Å².